The van der Waals surface area contributed by atoms with Crippen molar-refractivity contribution in [1.82, 2.24) is 10.2 Å². The Balaban J connectivity index is 3.62. The Labute approximate surface area is 77.7 Å². The molecule has 0 aliphatic carbocycles. The lowest BCUT2D eigenvalue weighted by Crippen LogP contribution is -2.30. The van der Waals surface area contributed by atoms with Crippen LogP contribution in [0, 0.1) is 0 Å². The molecule has 1 amide bonds. The van der Waals surface area contributed by atoms with Crippen molar-refractivity contribution in [3.05, 3.63) is 0 Å². The first-order valence-corrected chi connectivity index (χ1v) is 4.18. The Morgan fingerprint density at radius 3 is 2.46 bits per heavy atom. The number of hydrogen-bond acceptors (Lipinski definition) is 3. The lowest BCUT2D eigenvalue weighted by atomic mass is 10.3. The van der Waals surface area contributed by atoms with Gasteiger partial charge in [0.25, 0.3) is 0 Å². The van der Waals surface area contributed by atoms with Crippen LogP contribution in [0.5, 0.6) is 0 Å². The Morgan fingerprint density at radius 1 is 1.38 bits per heavy atom. The second-order valence-corrected chi connectivity index (χ2v) is 2.81. The van der Waals surface area contributed by atoms with Gasteiger partial charge < -0.3 is 15.3 Å². The van der Waals surface area contributed by atoms with Crippen LogP contribution in [0.4, 0.5) is 0 Å². The highest BCUT2D eigenvalue weighted by Crippen LogP contribution is 1.92. The van der Waals surface area contributed by atoms with Gasteiger partial charge in [-0.2, -0.15) is 0 Å². The maximum atomic E-state index is 11.2. The van der Waals surface area contributed by atoms with Gasteiger partial charge in [-0.25, -0.2) is 0 Å². The van der Waals surface area contributed by atoms with Crippen LogP contribution >= 0.6 is 0 Å². The molecule has 0 saturated carbocycles. The summed E-state index contributed by atoms with van der Waals surface area (Å²) in [4.78, 5) is 22.8. The number of carbonyl (C=O) groups excluding carboxylic acids is 1. The average Bonchev–Trinajstić information content (AvgIpc) is 2.10. The van der Waals surface area contributed by atoms with Crippen LogP contribution in [0.2, 0.25) is 0 Å². The van der Waals surface area contributed by atoms with E-state index in [-0.39, 0.29) is 18.9 Å². The van der Waals surface area contributed by atoms with Crippen LogP contribution in [-0.2, 0) is 9.59 Å². The number of amides is 1. The van der Waals surface area contributed by atoms with Crippen molar-refractivity contribution in [2.75, 3.05) is 27.2 Å². The van der Waals surface area contributed by atoms with E-state index in [2.05, 4.69) is 5.32 Å². The van der Waals surface area contributed by atoms with Crippen molar-refractivity contribution in [2.45, 2.75) is 12.8 Å². The molecule has 0 atom stereocenters. The number of nitrogens with one attached hydrogen (secondary N) is 1. The third-order valence-corrected chi connectivity index (χ3v) is 1.68. The SMILES string of the molecule is CNCCC(=O)N(C)CCC(=O)O. The summed E-state index contributed by atoms with van der Waals surface area (Å²) in [5, 5.41) is 11.2. The van der Waals surface area contributed by atoms with E-state index in [1.807, 2.05) is 0 Å². The first-order valence-electron chi connectivity index (χ1n) is 4.18. The summed E-state index contributed by atoms with van der Waals surface area (Å²) < 4.78 is 0. The molecule has 2 N–H and O–H groups in total. The smallest absolute Gasteiger partial charge is 0.305 e. The second-order valence-electron chi connectivity index (χ2n) is 2.81. The minimum Gasteiger partial charge on any atom is -0.481 e. The summed E-state index contributed by atoms with van der Waals surface area (Å²) in [5.41, 5.74) is 0. The van der Waals surface area contributed by atoms with Gasteiger partial charge in [0.2, 0.25) is 5.91 Å². The molecule has 0 saturated heterocycles. The van der Waals surface area contributed by atoms with Crippen LogP contribution in [0.25, 0.3) is 0 Å². The van der Waals surface area contributed by atoms with Gasteiger partial charge in [-0.05, 0) is 7.05 Å². The monoisotopic (exact) mass is 188 g/mol. The zero-order chi connectivity index (χ0) is 10.3. The molecule has 0 aromatic rings. The number of hydrogen-bond donors (Lipinski definition) is 2. The molecule has 0 aromatic heterocycles. The standard InChI is InChI=1S/C8H16N2O3/c1-9-5-3-7(11)10(2)6-4-8(12)13/h9H,3-6H2,1-2H3,(H,12,13). The molecule has 0 heterocycles. The van der Waals surface area contributed by atoms with Crippen LogP contribution in [0.3, 0.4) is 0 Å². The van der Waals surface area contributed by atoms with Gasteiger partial charge in [-0.1, -0.05) is 0 Å². The van der Waals surface area contributed by atoms with Crippen molar-refractivity contribution in [2.24, 2.45) is 0 Å². The summed E-state index contributed by atoms with van der Waals surface area (Å²) >= 11 is 0. The summed E-state index contributed by atoms with van der Waals surface area (Å²) in [6, 6.07) is 0. The Kier molecular flexibility index (Phi) is 5.88. The van der Waals surface area contributed by atoms with E-state index in [1.165, 1.54) is 4.90 Å². The van der Waals surface area contributed by atoms with E-state index < -0.39 is 5.97 Å². The van der Waals surface area contributed by atoms with Gasteiger partial charge in [-0.3, -0.25) is 9.59 Å². The molecule has 0 unspecified atom stereocenters. The van der Waals surface area contributed by atoms with E-state index >= 15 is 0 Å². The molecule has 13 heavy (non-hydrogen) atoms. The molecule has 0 spiro atoms. The van der Waals surface area contributed by atoms with Crippen molar-refractivity contribution < 1.29 is 14.7 Å². The van der Waals surface area contributed by atoms with Crippen molar-refractivity contribution in [3.63, 3.8) is 0 Å². The first kappa shape index (κ1) is 11.9. The van der Waals surface area contributed by atoms with E-state index in [0.29, 0.717) is 13.0 Å². The van der Waals surface area contributed by atoms with Crippen molar-refractivity contribution in [3.8, 4) is 0 Å². The zero-order valence-electron chi connectivity index (χ0n) is 8.04. The average molecular weight is 188 g/mol. The maximum Gasteiger partial charge on any atom is 0.305 e. The quantitative estimate of drug-likeness (QED) is 0.591. The van der Waals surface area contributed by atoms with Gasteiger partial charge in [-0.15, -0.1) is 0 Å². The topological polar surface area (TPSA) is 69.6 Å². The van der Waals surface area contributed by atoms with Crippen molar-refractivity contribution >= 4 is 11.9 Å². The summed E-state index contributed by atoms with van der Waals surface area (Å²) in [7, 11) is 3.38. The van der Waals surface area contributed by atoms with E-state index in [9.17, 15) is 9.59 Å². The largest absolute Gasteiger partial charge is 0.481 e. The predicted octanol–water partition coefficient (Wildman–Crippen LogP) is -0.471. The van der Waals surface area contributed by atoms with Gasteiger partial charge in [0.15, 0.2) is 0 Å². The Hall–Kier alpha value is -1.10. The molecule has 0 aliphatic rings. The number of carbonyl (C=O) groups is 2. The van der Waals surface area contributed by atoms with Crippen molar-refractivity contribution in [1.29, 1.82) is 0 Å². The zero-order valence-corrected chi connectivity index (χ0v) is 8.04. The number of nitrogens with zero attached hydrogens (tertiary/aromatic N) is 1. The van der Waals surface area contributed by atoms with Gasteiger partial charge in [0.05, 0.1) is 6.42 Å². The highest BCUT2D eigenvalue weighted by molar-refractivity contribution is 5.76. The maximum absolute atomic E-state index is 11.2. The van der Waals surface area contributed by atoms with Gasteiger partial charge in [0, 0.05) is 26.6 Å². The fraction of sp³-hybridized carbons (Fsp3) is 0.750. The molecule has 0 fully saturated rings. The highest BCUT2D eigenvalue weighted by Gasteiger charge is 2.08. The summed E-state index contributed by atoms with van der Waals surface area (Å²) in [5.74, 6) is -0.913. The van der Waals surface area contributed by atoms with E-state index in [4.69, 9.17) is 5.11 Å². The normalized spacial score (nSPS) is 9.69. The molecule has 76 valence electrons. The highest BCUT2D eigenvalue weighted by atomic mass is 16.4. The van der Waals surface area contributed by atoms with Crippen LogP contribution in [0.1, 0.15) is 12.8 Å². The summed E-state index contributed by atoms with van der Waals surface area (Å²) in [6.07, 6.45) is 0.411. The molecule has 0 aromatic carbocycles. The Morgan fingerprint density at radius 2 is 2.00 bits per heavy atom. The number of carboxylic acids is 1. The lowest BCUT2D eigenvalue weighted by molar-refractivity contribution is -0.138. The molecule has 0 rings (SSSR count). The predicted molar refractivity (Wildman–Crippen MR) is 48.4 cm³/mol. The van der Waals surface area contributed by atoms with E-state index in [0.717, 1.165) is 0 Å². The molecule has 0 aliphatic heterocycles. The second kappa shape index (κ2) is 6.42. The fourth-order valence-corrected chi connectivity index (χ4v) is 0.811. The van der Waals surface area contributed by atoms with Gasteiger partial charge >= 0.3 is 5.97 Å². The van der Waals surface area contributed by atoms with Gasteiger partial charge in [0.1, 0.15) is 0 Å². The van der Waals surface area contributed by atoms with Crippen LogP contribution in [-0.4, -0.2) is 49.1 Å². The number of aliphatic carboxylic acids is 1. The number of rotatable bonds is 6. The lowest BCUT2D eigenvalue weighted by Gasteiger charge is -2.15. The van der Waals surface area contributed by atoms with E-state index in [1.54, 1.807) is 14.1 Å². The first-order chi connectivity index (χ1) is 6.07. The molecule has 0 radical (unpaired) electrons. The summed E-state index contributed by atoms with van der Waals surface area (Å²) in [6.45, 7) is 0.897. The minimum atomic E-state index is -0.881. The Bertz CT molecular complexity index is 182. The minimum absolute atomic E-state index is 0.00178. The van der Waals surface area contributed by atoms with Crippen LogP contribution < -0.4 is 5.32 Å². The molecular formula is C8H16N2O3. The molecule has 0 bridgehead atoms. The van der Waals surface area contributed by atoms with Crippen LogP contribution in [0.15, 0.2) is 0 Å². The fourth-order valence-electron chi connectivity index (χ4n) is 0.811. The number of carboxylic acid groups (broad SMARTS) is 1. The third-order valence-electron chi connectivity index (χ3n) is 1.68. The third kappa shape index (κ3) is 6.10. The molecule has 5 heteroatoms. The molecule has 5 nitrogen and oxygen atoms in total. The molecular weight excluding hydrogens is 172 g/mol.